The second-order valence-corrected chi connectivity index (χ2v) is 11.2. The maximum absolute atomic E-state index is 16.4. The van der Waals surface area contributed by atoms with Crippen molar-refractivity contribution in [3.63, 3.8) is 0 Å². The molecule has 3 rings (SSSR count). The molecule has 18 nitrogen and oxygen atoms in total. The van der Waals surface area contributed by atoms with Gasteiger partial charge in [-0.2, -0.15) is 0 Å². The first-order valence-electron chi connectivity index (χ1n) is 14.0. The summed E-state index contributed by atoms with van der Waals surface area (Å²) in [6.45, 7) is -0.942. The molecule has 19 heteroatoms. The number of alkyl halides is 1. The molecule has 3 fully saturated rings. The van der Waals surface area contributed by atoms with E-state index in [1.54, 1.807) is 0 Å². The molecule has 1 aliphatic carbocycles. The average molecular weight is 628 g/mol. The van der Waals surface area contributed by atoms with E-state index in [0.29, 0.717) is 0 Å². The standard InChI is InChI=1S/C24H46FN7O11/c25-13-20(42-23-19(39)15(32-24(30)31)16(36)12(6-33)41-23)7(4-10(35)9(34)1-2-26)3-8(28)21(13)43-22-14(29)18(38)17(37)11(5-27)40-22/h7-9,11-23,33-34,36-39H,1-6,26-29H2,(H4,30,31,32)/t7-,8?,9-,11?,12+,13+,14?,15?,16+,17+,18+,19+,20?,21+,22+,23?/m0/s1. The van der Waals surface area contributed by atoms with Gasteiger partial charge in [0.2, 0.25) is 0 Å². The fourth-order valence-electron chi connectivity index (χ4n) is 5.66. The predicted octanol–water partition coefficient (Wildman–Crippen LogP) is -7.08. The highest BCUT2D eigenvalue weighted by Gasteiger charge is 2.53. The minimum Gasteiger partial charge on any atom is -0.394 e. The van der Waals surface area contributed by atoms with Crippen molar-refractivity contribution >= 4 is 11.7 Å². The fourth-order valence-corrected chi connectivity index (χ4v) is 5.66. The quantitative estimate of drug-likeness (QED) is 0.0706. The summed E-state index contributed by atoms with van der Waals surface area (Å²) < 4.78 is 39.2. The molecule has 0 aromatic rings. The maximum Gasteiger partial charge on any atom is 0.186 e. The van der Waals surface area contributed by atoms with Crippen LogP contribution in [0.4, 0.5) is 4.39 Å². The highest BCUT2D eigenvalue weighted by atomic mass is 19.1. The van der Waals surface area contributed by atoms with E-state index in [4.69, 9.17) is 53.3 Å². The molecule has 18 N–H and O–H groups in total. The van der Waals surface area contributed by atoms with E-state index in [2.05, 4.69) is 4.99 Å². The van der Waals surface area contributed by atoms with Crippen LogP contribution in [0.2, 0.25) is 0 Å². The van der Waals surface area contributed by atoms with Crippen molar-refractivity contribution in [2.45, 2.75) is 111 Å². The summed E-state index contributed by atoms with van der Waals surface area (Å²) in [6, 6.07) is -3.84. The summed E-state index contributed by atoms with van der Waals surface area (Å²) in [5.74, 6) is -2.15. The predicted molar refractivity (Wildman–Crippen MR) is 145 cm³/mol. The van der Waals surface area contributed by atoms with Gasteiger partial charge in [-0.25, -0.2) is 9.38 Å². The van der Waals surface area contributed by atoms with Crippen LogP contribution in [0.5, 0.6) is 0 Å². The first-order chi connectivity index (χ1) is 20.2. The summed E-state index contributed by atoms with van der Waals surface area (Å²) in [6.07, 6.45) is -19.1. The topological polar surface area (TPSA) is 344 Å². The van der Waals surface area contributed by atoms with Gasteiger partial charge in [-0.05, 0) is 25.3 Å². The van der Waals surface area contributed by atoms with Crippen LogP contribution in [0.1, 0.15) is 19.3 Å². The largest absolute Gasteiger partial charge is 0.394 e. The molecule has 16 atom stereocenters. The first-order valence-corrected chi connectivity index (χ1v) is 14.0. The highest BCUT2D eigenvalue weighted by Crippen LogP contribution is 2.38. The van der Waals surface area contributed by atoms with Crippen molar-refractivity contribution in [2.24, 2.45) is 45.3 Å². The van der Waals surface area contributed by atoms with E-state index >= 15 is 4.39 Å². The summed E-state index contributed by atoms with van der Waals surface area (Å²) >= 11 is 0. The van der Waals surface area contributed by atoms with Crippen molar-refractivity contribution in [3.05, 3.63) is 0 Å². The summed E-state index contributed by atoms with van der Waals surface area (Å²) in [7, 11) is 0. The van der Waals surface area contributed by atoms with Crippen LogP contribution in [0, 0.1) is 5.92 Å². The lowest BCUT2D eigenvalue weighted by Gasteiger charge is -2.48. The zero-order valence-electron chi connectivity index (χ0n) is 23.5. The molecule has 0 bridgehead atoms. The normalized spacial score (nSPS) is 44.5. The van der Waals surface area contributed by atoms with E-state index in [0.717, 1.165) is 0 Å². The van der Waals surface area contributed by atoms with Gasteiger partial charge in [0.25, 0.3) is 0 Å². The number of carbonyl (C=O) groups is 1. The van der Waals surface area contributed by atoms with E-state index in [-0.39, 0.29) is 25.9 Å². The number of ketones is 1. The smallest absolute Gasteiger partial charge is 0.186 e. The zero-order valence-corrected chi connectivity index (χ0v) is 23.5. The Balaban J connectivity index is 1.90. The number of Topliss-reactive ketones (excluding diaryl/α,β-unsaturated/α-hetero) is 1. The third-order valence-corrected chi connectivity index (χ3v) is 8.07. The molecule has 0 radical (unpaired) electrons. The molecule has 0 aromatic heterocycles. The van der Waals surface area contributed by atoms with Gasteiger partial charge in [0.15, 0.2) is 30.5 Å². The number of rotatable bonds is 12. The third-order valence-electron chi connectivity index (χ3n) is 8.07. The first kappa shape index (κ1) is 35.8. The highest BCUT2D eigenvalue weighted by molar-refractivity contribution is 5.83. The third kappa shape index (κ3) is 8.13. The van der Waals surface area contributed by atoms with Crippen molar-refractivity contribution in [3.8, 4) is 0 Å². The average Bonchev–Trinajstić information content (AvgIpc) is 2.96. The second kappa shape index (κ2) is 15.5. The lowest BCUT2D eigenvalue weighted by Crippen LogP contribution is -2.66. The van der Waals surface area contributed by atoms with Gasteiger partial charge in [0, 0.05) is 19.0 Å². The minimum absolute atomic E-state index is 0.0177. The SMILES string of the molecule is NCC[C@H](O)C(=O)C[C@@H]1CC(N)[C@@H](O[C@H]2OC(CN)[C@@H](O)[C@H](O)C2N)[C@H](F)C1OC1O[C@H](CO)[C@@H](O)C(N=C(N)N)[C@H]1O. The van der Waals surface area contributed by atoms with Gasteiger partial charge in [0.1, 0.15) is 54.9 Å². The summed E-state index contributed by atoms with van der Waals surface area (Å²) in [5.41, 5.74) is 34.2. The maximum atomic E-state index is 16.4. The zero-order chi connectivity index (χ0) is 32.2. The Morgan fingerprint density at radius 1 is 0.953 bits per heavy atom. The minimum atomic E-state index is -2.15. The number of aliphatic hydroxyl groups is 6. The Morgan fingerprint density at radius 3 is 2.16 bits per heavy atom. The van der Waals surface area contributed by atoms with Crippen LogP contribution in [0.25, 0.3) is 0 Å². The van der Waals surface area contributed by atoms with Gasteiger partial charge in [-0.1, -0.05) is 0 Å². The number of aliphatic imine (C=N–C) groups is 1. The van der Waals surface area contributed by atoms with Crippen molar-refractivity contribution in [2.75, 3.05) is 19.7 Å². The number of hydrogen-bond acceptors (Lipinski definition) is 16. The van der Waals surface area contributed by atoms with Crippen LogP contribution in [-0.4, -0.2) is 154 Å². The monoisotopic (exact) mass is 627 g/mol. The molecule has 2 heterocycles. The van der Waals surface area contributed by atoms with Gasteiger partial charge < -0.3 is 84.0 Å². The Hall–Kier alpha value is -1.69. The van der Waals surface area contributed by atoms with Crippen molar-refractivity contribution in [1.29, 1.82) is 0 Å². The van der Waals surface area contributed by atoms with Crippen LogP contribution >= 0.6 is 0 Å². The molecule has 0 amide bonds. The van der Waals surface area contributed by atoms with Gasteiger partial charge in [-0.3, -0.25) is 4.79 Å². The van der Waals surface area contributed by atoms with Crippen LogP contribution < -0.4 is 34.4 Å². The molecule has 0 aromatic carbocycles. The molecular weight excluding hydrogens is 581 g/mol. The number of carbonyl (C=O) groups excluding carboxylic acids is 1. The van der Waals surface area contributed by atoms with E-state index in [1.807, 2.05) is 0 Å². The summed E-state index contributed by atoms with van der Waals surface area (Å²) in [4.78, 5) is 16.6. The molecule has 6 unspecified atom stereocenters. The molecule has 1 saturated carbocycles. The van der Waals surface area contributed by atoms with E-state index < -0.39 is 123 Å². The number of aliphatic hydroxyl groups excluding tert-OH is 6. The molecule has 43 heavy (non-hydrogen) atoms. The van der Waals surface area contributed by atoms with Gasteiger partial charge in [-0.15, -0.1) is 0 Å². The lowest BCUT2D eigenvalue weighted by molar-refractivity contribution is -0.317. The number of nitrogens with zero attached hydrogens (tertiary/aromatic N) is 1. The number of guanidine groups is 1. The Labute approximate surface area is 247 Å². The van der Waals surface area contributed by atoms with E-state index in [9.17, 15) is 35.4 Å². The molecule has 0 spiro atoms. The Kier molecular flexibility index (Phi) is 12.9. The molecule has 2 aliphatic heterocycles. The van der Waals surface area contributed by atoms with Crippen LogP contribution in [-0.2, 0) is 23.7 Å². The van der Waals surface area contributed by atoms with Crippen LogP contribution in [0.3, 0.4) is 0 Å². The summed E-state index contributed by atoms with van der Waals surface area (Å²) in [5, 5.41) is 61.8. The fraction of sp³-hybridized carbons (Fsp3) is 0.917. The van der Waals surface area contributed by atoms with E-state index in [1.165, 1.54) is 0 Å². The Bertz CT molecular complexity index is 938. The molecule has 2 saturated heterocycles. The van der Waals surface area contributed by atoms with Gasteiger partial charge >= 0.3 is 0 Å². The number of ether oxygens (including phenoxy) is 4. The van der Waals surface area contributed by atoms with Crippen molar-refractivity contribution in [1.82, 2.24) is 0 Å². The molecule has 250 valence electrons. The Morgan fingerprint density at radius 2 is 1.58 bits per heavy atom. The molecular formula is C24H46FN7O11. The number of halogens is 1. The molecule has 3 aliphatic rings. The van der Waals surface area contributed by atoms with Crippen LogP contribution in [0.15, 0.2) is 4.99 Å². The van der Waals surface area contributed by atoms with Crippen molar-refractivity contribution < 1.29 is 58.8 Å². The lowest BCUT2D eigenvalue weighted by atomic mass is 9.77. The number of nitrogens with two attached hydrogens (primary N) is 6. The van der Waals surface area contributed by atoms with Gasteiger partial charge in [0.05, 0.1) is 18.8 Å². The second-order valence-electron chi connectivity index (χ2n) is 11.2. The number of hydrogen-bond donors (Lipinski definition) is 12.